The number of hydrogen-bond acceptors (Lipinski definition) is 3. The summed E-state index contributed by atoms with van der Waals surface area (Å²) in [6, 6.07) is -0.394. The van der Waals surface area contributed by atoms with Crippen LogP contribution in [0.15, 0.2) is 0 Å². The zero-order valence-corrected chi connectivity index (χ0v) is 10.3. The normalized spacial score (nSPS) is 38.4. The van der Waals surface area contributed by atoms with Gasteiger partial charge in [-0.1, -0.05) is 0 Å². The molecule has 0 unspecified atom stereocenters. The Balaban J connectivity index is 2.25. The third-order valence-electron chi connectivity index (χ3n) is 3.46. The van der Waals surface area contributed by atoms with Gasteiger partial charge in [-0.3, -0.25) is 4.79 Å². The minimum Gasteiger partial charge on any atom is -0.467 e. The summed E-state index contributed by atoms with van der Waals surface area (Å²) in [4.78, 5) is 24.7. The van der Waals surface area contributed by atoms with Crippen LogP contribution in [-0.2, 0) is 14.3 Å². The van der Waals surface area contributed by atoms with E-state index in [2.05, 4.69) is 0 Å². The lowest BCUT2D eigenvalue weighted by Crippen LogP contribution is -2.55. The highest BCUT2D eigenvalue weighted by molar-refractivity contribution is 6.24. The van der Waals surface area contributed by atoms with E-state index in [0.717, 1.165) is 12.8 Å². The number of amides is 1. The molecule has 90 valence electrons. The minimum absolute atomic E-state index is 0.0487. The zero-order chi connectivity index (χ0) is 11.9. The van der Waals surface area contributed by atoms with Gasteiger partial charge < -0.3 is 9.64 Å². The number of halogens is 1. The lowest BCUT2D eigenvalue weighted by Gasteiger charge is -2.42. The van der Waals surface area contributed by atoms with Gasteiger partial charge in [-0.15, -0.1) is 11.6 Å². The number of piperidine rings is 1. The zero-order valence-electron chi connectivity index (χ0n) is 9.53. The fraction of sp³-hybridized carbons (Fsp3) is 0.818. The molecule has 2 aliphatic rings. The Morgan fingerprint density at radius 1 is 1.56 bits per heavy atom. The lowest BCUT2D eigenvalue weighted by molar-refractivity contribution is -0.155. The van der Waals surface area contributed by atoms with E-state index in [4.69, 9.17) is 16.3 Å². The van der Waals surface area contributed by atoms with Crippen LogP contribution < -0.4 is 0 Å². The first kappa shape index (κ1) is 11.7. The van der Waals surface area contributed by atoms with E-state index in [1.165, 1.54) is 7.11 Å². The number of ether oxygens (including phenoxy) is 1. The number of rotatable bonds is 1. The first-order chi connectivity index (χ1) is 7.44. The van der Waals surface area contributed by atoms with Gasteiger partial charge in [-0.05, 0) is 26.2 Å². The molecule has 2 saturated heterocycles. The Kier molecular flexibility index (Phi) is 2.86. The Labute approximate surface area is 99.9 Å². The molecule has 0 aromatic carbocycles. The third kappa shape index (κ3) is 1.90. The Morgan fingerprint density at radius 2 is 2.25 bits per heavy atom. The van der Waals surface area contributed by atoms with Crippen LogP contribution in [0.25, 0.3) is 0 Å². The number of carbonyl (C=O) groups is 2. The minimum atomic E-state index is -0.499. The SMILES string of the molecule is COC(=O)[C@H]1C[C@@](C)(Cl)C[C@@H]2CCC(=O)N21. The van der Waals surface area contributed by atoms with Crippen molar-refractivity contribution in [2.45, 2.75) is 49.6 Å². The molecule has 2 heterocycles. The molecule has 2 rings (SSSR count). The molecule has 16 heavy (non-hydrogen) atoms. The van der Waals surface area contributed by atoms with Crippen LogP contribution in [0.3, 0.4) is 0 Å². The van der Waals surface area contributed by atoms with Crippen LogP contribution in [0.4, 0.5) is 0 Å². The van der Waals surface area contributed by atoms with E-state index in [9.17, 15) is 9.59 Å². The fourth-order valence-electron chi connectivity index (χ4n) is 2.80. The molecule has 3 atom stereocenters. The van der Waals surface area contributed by atoms with Gasteiger partial charge in [0.15, 0.2) is 0 Å². The largest absolute Gasteiger partial charge is 0.467 e. The van der Waals surface area contributed by atoms with Gasteiger partial charge in [-0.25, -0.2) is 4.79 Å². The van der Waals surface area contributed by atoms with Gasteiger partial charge in [0.2, 0.25) is 5.91 Å². The number of fused-ring (bicyclic) bond motifs is 1. The molecule has 0 aromatic rings. The lowest BCUT2D eigenvalue weighted by atomic mass is 9.87. The van der Waals surface area contributed by atoms with Gasteiger partial charge in [0.25, 0.3) is 0 Å². The predicted octanol–water partition coefficient (Wildman–Crippen LogP) is 1.31. The van der Waals surface area contributed by atoms with Gasteiger partial charge in [-0.2, -0.15) is 0 Å². The van der Waals surface area contributed by atoms with Crippen molar-refractivity contribution < 1.29 is 14.3 Å². The molecule has 1 amide bonds. The van der Waals surface area contributed by atoms with Crippen LogP contribution >= 0.6 is 11.6 Å². The second kappa shape index (κ2) is 3.91. The Morgan fingerprint density at radius 3 is 2.88 bits per heavy atom. The summed E-state index contributed by atoms with van der Waals surface area (Å²) >= 11 is 6.34. The van der Waals surface area contributed by atoms with Crippen molar-refractivity contribution in [1.29, 1.82) is 0 Å². The van der Waals surface area contributed by atoms with Crippen molar-refractivity contribution in [1.82, 2.24) is 4.90 Å². The average molecular weight is 246 g/mol. The van der Waals surface area contributed by atoms with E-state index in [1.807, 2.05) is 6.92 Å². The van der Waals surface area contributed by atoms with Gasteiger partial charge in [0, 0.05) is 17.3 Å². The second-order valence-electron chi connectivity index (χ2n) is 4.85. The van der Waals surface area contributed by atoms with Crippen LogP contribution in [0, 0.1) is 0 Å². The molecule has 0 N–H and O–H groups in total. The molecule has 0 radical (unpaired) electrons. The molecular formula is C11H16ClNO3. The monoisotopic (exact) mass is 245 g/mol. The number of carbonyl (C=O) groups excluding carboxylic acids is 2. The molecule has 0 aliphatic carbocycles. The summed E-state index contributed by atoms with van der Waals surface area (Å²) in [5.41, 5.74) is 0. The van der Waals surface area contributed by atoms with Gasteiger partial charge >= 0.3 is 5.97 Å². The van der Waals surface area contributed by atoms with Crippen molar-refractivity contribution in [2.75, 3.05) is 7.11 Å². The molecular weight excluding hydrogens is 230 g/mol. The second-order valence-corrected chi connectivity index (χ2v) is 5.77. The van der Waals surface area contributed by atoms with Crippen molar-refractivity contribution in [3.63, 3.8) is 0 Å². The molecule has 5 heteroatoms. The fourth-order valence-corrected chi connectivity index (χ4v) is 3.12. The number of methoxy groups -OCH3 is 1. The summed E-state index contributed by atoms with van der Waals surface area (Å²) in [7, 11) is 1.35. The number of hydrogen-bond donors (Lipinski definition) is 0. The molecule has 0 spiro atoms. The predicted molar refractivity (Wildman–Crippen MR) is 59.2 cm³/mol. The summed E-state index contributed by atoms with van der Waals surface area (Å²) < 4.78 is 4.75. The van der Waals surface area contributed by atoms with E-state index in [-0.39, 0.29) is 17.9 Å². The van der Waals surface area contributed by atoms with E-state index in [0.29, 0.717) is 12.8 Å². The molecule has 0 aromatic heterocycles. The summed E-state index contributed by atoms with van der Waals surface area (Å²) in [6.45, 7) is 1.92. The van der Waals surface area contributed by atoms with Crippen molar-refractivity contribution >= 4 is 23.5 Å². The Bertz CT molecular complexity index is 329. The van der Waals surface area contributed by atoms with Crippen LogP contribution in [0.5, 0.6) is 0 Å². The average Bonchev–Trinajstić information content (AvgIpc) is 2.56. The maximum Gasteiger partial charge on any atom is 0.328 e. The van der Waals surface area contributed by atoms with Crippen molar-refractivity contribution in [3.05, 3.63) is 0 Å². The molecule has 0 bridgehead atoms. The quantitative estimate of drug-likeness (QED) is 0.517. The standard InChI is InChI=1S/C11H16ClNO3/c1-11(12)5-7-3-4-9(14)13(7)8(6-11)10(15)16-2/h7-8H,3-6H2,1-2H3/t7-,8+,11-/m0/s1. The topological polar surface area (TPSA) is 46.6 Å². The highest BCUT2D eigenvalue weighted by Crippen LogP contribution is 2.41. The van der Waals surface area contributed by atoms with Gasteiger partial charge in [0.1, 0.15) is 6.04 Å². The van der Waals surface area contributed by atoms with Crippen LogP contribution in [-0.4, -0.2) is 40.8 Å². The maximum atomic E-state index is 11.7. The smallest absolute Gasteiger partial charge is 0.328 e. The van der Waals surface area contributed by atoms with E-state index >= 15 is 0 Å². The van der Waals surface area contributed by atoms with E-state index in [1.54, 1.807) is 4.90 Å². The first-order valence-corrected chi connectivity index (χ1v) is 5.90. The summed E-state index contributed by atoms with van der Waals surface area (Å²) in [5, 5.41) is 0. The summed E-state index contributed by atoms with van der Waals surface area (Å²) in [6.07, 6.45) is 2.55. The van der Waals surface area contributed by atoms with Crippen molar-refractivity contribution in [3.8, 4) is 0 Å². The Hall–Kier alpha value is -0.770. The molecule has 2 fully saturated rings. The van der Waals surface area contributed by atoms with Gasteiger partial charge in [0.05, 0.1) is 7.11 Å². The van der Waals surface area contributed by atoms with Crippen LogP contribution in [0.1, 0.15) is 32.6 Å². The molecule has 2 aliphatic heterocycles. The molecule has 0 saturated carbocycles. The van der Waals surface area contributed by atoms with E-state index < -0.39 is 10.9 Å². The first-order valence-electron chi connectivity index (χ1n) is 5.52. The highest BCUT2D eigenvalue weighted by Gasteiger charge is 2.49. The third-order valence-corrected chi connectivity index (χ3v) is 3.77. The number of alkyl halides is 1. The number of esters is 1. The number of nitrogens with zero attached hydrogens (tertiary/aromatic N) is 1. The maximum absolute atomic E-state index is 11.7. The highest BCUT2D eigenvalue weighted by atomic mass is 35.5. The van der Waals surface area contributed by atoms with Crippen molar-refractivity contribution in [2.24, 2.45) is 0 Å². The molecule has 4 nitrogen and oxygen atoms in total. The van der Waals surface area contributed by atoms with Crippen LogP contribution in [0.2, 0.25) is 0 Å². The summed E-state index contributed by atoms with van der Waals surface area (Å²) in [5.74, 6) is -0.306.